The maximum Gasteiger partial charge on any atom is 0.127 e. The van der Waals surface area contributed by atoms with E-state index in [0.29, 0.717) is 17.0 Å². The first kappa shape index (κ1) is 14.2. The van der Waals surface area contributed by atoms with Crippen LogP contribution in [0.5, 0.6) is 0 Å². The lowest BCUT2D eigenvalue weighted by Gasteiger charge is -2.17. The Balaban J connectivity index is 2.67. The van der Waals surface area contributed by atoms with Crippen molar-refractivity contribution in [1.82, 2.24) is 5.32 Å². The van der Waals surface area contributed by atoms with Crippen LogP contribution in [0.1, 0.15) is 25.3 Å². The van der Waals surface area contributed by atoms with Gasteiger partial charge in [-0.25, -0.2) is 4.39 Å². The van der Waals surface area contributed by atoms with Crippen LogP contribution in [0.2, 0.25) is 5.02 Å². The Bertz CT molecular complexity index is 365. The smallest absolute Gasteiger partial charge is 0.127 e. The molecule has 0 fully saturated rings. The molecule has 0 aliphatic heterocycles. The molecule has 0 aromatic heterocycles. The Labute approximate surface area is 108 Å². The molecule has 17 heavy (non-hydrogen) atoms. The normalized spacial score (nSPS) is 12.4. The minimum Gasteiger partial charge on any atom is -0.313 e. The van der Waals surface area contributed by atoms with Crippen LogP contribution in [-0.2, 0) is 6.42 Å². The summed E-state index contributed by atoms with van der Waals surface area (Å²) < 4.78 is 13.6. The zero-order valence-electron chi connectivity index (χ0n) is 10.2. The Morgan fingerprint density at radius 2 is 2.29 bits per heavy atom. The summed E-state index contributed by atoms with van der Waals surface area (Å²) in [5.74, 6) is -0.232. The van der Waals surface area contributed by atoms with Crippen LogP contribution in [0.25, 0.3) is 0 Å². The SMILES string of the molecule is C=CCC(Cc1ccc(Cl)cc1F)NCCC. The summed E-state index contributed by atoms with van der Waals surface area (Å²) in [7, 11) is 0. The lowest BCUT2D eigenvalue weighted by atomic mass is 10.0. The van der Waals surface area contributed by atoms with E-state index < -0.39 is 0 Å². The largest absolute Gasteiger partial charge is 0.313 e. The van der Waals surface area contributed by atoms with Gasteiger partial charge in [-0.05, 0) is 43.5 Å². The number of halogens is 2. The van der Waals surface area contributed by atoms with E-state index in [1.165, 1.54) is 6.07 Å². The summed E-state index contributed by atoms with van der Waals surface area (Å²) in [4.78, 5) is 0. The van der Waals surface area contributed by atoms with Crippen LogP contribution < -0.4 is 5.32 Å². The van der Waals surface area contributed by atoms with Gasteiger partial charge in [0.05, 0.1) is 0 Å². The molecule has 0 heterocycles. The van der Waals surface area contributed by atoms with E-state index in [-0.39, 0.29) is 11.9 Å². The molecule has 94 valence electrons. The van der Waals surface area contributed by atoms with Crippen LogP contribution in [-0.4, -0.2) is 12.6 Å². The van der Waals surface area contributed by atoms with Gasteiger partial charge < -0.3 is 5.32 Å². The molecule has 1 rings (SSSR count). The second-order valence-electron chi connectivity index (χ2n) is 4.12. The lowest BCUT2D eigenvalue weighted by molar-refractivity contribution is 0.498. The van der Waals surface area contributed by atoms with Crippen molar-refractivity contribution in [3.63, 3.8) is 0 Å². The number of rotatable bonds is 7. The van der Waals surface area contributed by atoms with E-state index >= 15 is 0 Å². The summed E-state index contributed by atoms with van der Waals surface area (Å²) in [5.41, 5.74) is 0.699. The highest BCUT2D eigenvalue weighted by atomic mass is 35.5. The average molecular weight is 256 g/mol. The van der Waals surface area contributed by atoms with Crippen LogP contribution in [0.15, 0.2) is 30.9 Å². The third-order valence-electron chi connectivity index (χ3n) is 2.62. The van der Waals surface area contributed by atoms with Gasteiger partial charge >= 0.3 is 0 Å². The molecule has 1 atom stereocenters. The van der Waals surface area contributed by atoms with Gasteiger partial charge in [-0.2, -0.15) is 0 Å². The molecule has 1 aromatic carbocycles. The molecule has 0 spiro atoms. The third kappa shape index (κ3) is 4.88. The molecule has 1 nitrogen and oxygen atoms in total. The van der Waals surface area contributed by atoms with Crippen molar-refractivity contribution in [3.8, 4) is 0 Å². The molecular formula is C14H19ClFN. The second kappa shape index (κ2) is 7.46. The van der Waals surface area contributed by atoms with Gasteiger partial charge in [0.25, 0.3) is 0 Å². The molecular weight excluding hydrogens is 237 g/mol. The second-order valence-corrected chi connectivity index (χ2v) is 4.55. The fourth-order valence-electron chi connectivity index (χ4n) is 1.74. The fourth-order valence-corrected chi connectivity index (χ4v) is 1.90. The quantitative estimate of drug-likeness (QED) is 0.727. The molecule has 0 saturated carbocycles. The van der Waals surface area contributed by atoms with E-state index in [0.717, 1.165) is 19.4 Å². The summed E-state index contributed by atoms with van der Waals surface area (Å²) in [6.07, 6.45) is 4.43. The standard InChI is InChI=1S/C14H19ClFN/c1-3-5-13(17-8-4-2)9-11-6-7-12(15)10-14(11)16/h3,6-7,10,13,17H,1,4-5,8-9H2,2H3. The first-order valence-electron chi connectivity index (χ1n) is 5.95. The van der Waals surface area contributed by atoms with Gasteiger partial charge in [0.15, 0.2) is 0 Å². The van der Waals surface area contributed by atoms with Gasteiger partial charge in [-0.15, -0.1) is 6.58 Å². The van der Waals surface area contributed by atoms with E-state index in [9.17, 15) is 4.39 Å². The van der Waals surface area contributed by atoms with Gasteiger partial charge in [0.1, 0.15) is 5.82 Å². The van der Waals surface area contributed by atoms with E-state index in [1.807, 2.05) is 6.08 Å². The molecule has 0 amide bonds. The van der Waals surface area contributed by atoms with Crippen molar-refractivity contribution in [2.45, 2.75) is 32.2 Å². The molecule has 3 heteroatoms. The van der Waals surface area contributed by atoms with Crippen molar-refractivity contribution >= 4 is 11.6 Å². The van der Waals surface area contributed by atoms with Crippen molar-refractivity contribution in [2.24, 2.45) is 0 Å². The Morgan fingerprint density at radius 3 is 2.88 bits per heavy atom. The zero-order valence-corrected chi connectivity index (χ0v) is 10.9. The number of nitrogens with one attached hydrogen (secondary N) is 1. The van der Waals surface area contributed by atoms with Gasteiger partial charge in [0, 0.05) is 11.1 Å². The predicted molar refractivity (Wildman–Crippen MR) is 72.0 cm³/mol. The van der Waals surface area contributed by atoms with Crippen molar-refractivity contribution in [1.29, 1.82) is 0 Å². The lowest BCUT2D eigenvalue weighted by Crippen LogP contribution is -2.31. The van der Waals surface area contributed by atoms with Gasteiger partial charge in [-0.1, -0.05) is 30.7 Å². The highest BCUT2D eigenvalue weighted by Crippen LogP contribution is 2.16. The number of hydrogen-bond donors (Lipinski definition) is 1. The molecule has 0 aliphatic carbocycles. The highest BCUT2D eigenvalue weighted by Gasteiger charge is 2.10. The predicted octanol–water partition coefficient (Wildman–Crippen LogP) is 3.97. The third-order valence-corrected chi connectivity index (χ3v) is 2.85. The Kier molecular flexibility index (Phi) is 6.23. The molecule has 0 aliphatic rings. The number of benzene rings is 1. The summed E-state index contributed by atoms with van der Waals surface area (Å²) in [5, 5.41) is 3.83. The van der Waals surface area contributed by atoms with Crippen LogP contribution in [0.3, 0.4) is 0 Å². The molecule has 1 N–H and O–H groups in total. The van der Waals surface area contributed by atoms with Crippen molar-refractivity contribution < 1.29 is 4.39 Å². The van der Waals surface area contributed by atoms with Gasteiger partial charge in [-0.3, -0.25) is 0 Å². The number of hydrogen-bond acceptors (Lipinski definition) is 1. The zero-order chi connectivity index (χ0) is 12.7. The topological polar surface area (TPSA) is 12.0 Å². The van der Waals surface area contributed by atoms with Crippen LogP contribution in [0.4, 0.5) is 4.39 Å². The van der Waals surface area contributed by atoms with E-state index in [2.05, 4.69) is 18.8 Å². The Hall–Kier alpha value is -0.860. The van der Waals surface area contributed by atoms with E-state index in [4.69, 9.17) is 11.6 Å². The highest BCUT2D eigenvalue weighted by molar-refractivity contribution is 6.30. The minimum atomic E-state index is -0.232. The molecule has 0 saturated heterocycles. The molecule has 1 aromatic rings. The summed E-state index contributed by atoms with van der Waals surface area (Å²) >= 11 is 5.73. The Morgan fingerprint density at radius 1 is 1.53 bits per heavy atom. The average Bonchev–Trinajstić information content (AvgIpc) is 2.29. The van der Waals surface area contributed by atoms with Crippen molar-refractivity contribution in [2.75, 3.05) is 6.54 Å². The maximum atomic E-state index is 13.6. The van der Waals surface area contributed by atoms with Crippen LogP contribution in [0, 0.1) is 5.82 Å². The molecule has 0 bridgehead atoms. The van der Waals surface area contributed by atoms with Crippen LogP contribution >= 0.6 is 11.6 Å². The summed E-state index contributed by atoms with van der Waals surface area (Å²) in [6.45, 7) is 6.78. The first-order valence-corrected chi connectivity index (χ1v) is 6.33. The maximum absolute atomic E-state index is 13.6. The first-order chi connectivity index (χ1) is 8.17. The fraction of sp³-hybridized carbons (Fsp3) is 0.429. The molecule has 1 unspecified atom stereocenters. The minimum absolute atomic E-state index is 0.232. The monoisotopic (exact) mass is 255 g/mol. The van der Waals surface area contributed by atoms with Crippen molar-refractivity contribution in [3.05, 3.63) is 47.3 Å². The summed E-state index contributed by atoms with van der Waals surface area (Å²) in [6, 6.07) is 5.08. The van der Waals surface area contributed by atoms with Gasteiger partial charge in [0.2, 0.25) is 0 Å². The van der Waals surface area contributed by atoms with E-state index in [1.54, 1.807) is 12.1 Å². The molecule has 0 radical (unpaired) electrons.